The molecule has 8 nitrogen and oxygen atoms in total. The molecular weight excluding hydrogens is 418 g/mol. The second kappa shape index (κ2) is 9.64. The third-order valence-electron chi connectivity index (χ3n) is 3.45. The Morgan fingerprint density at radius 3 is 2.11 bits per heavy atom. The summed E-state index contributed by atoms with van der Waals surface area (Å²) in [6, 6.07) is 12.3. The molecule has 0 aliphatic carbocycles. The zero-order valence-electron chi connectivity index (χ0n) is 15.2. The Hall–Kier alpha value is -2.47. The molecule has 0 spiro atoms. The Kier molecular flexibility index (Phi) is 7.52. The second-order valence-electron chi connectivity index (χ2n) is 5.72. The lowest BCUT2D eigenvalue weighted by Crippen LogP contribution is -2.49. The minimum Gasteiger partial charge on any atom is -0.287 e. The number of hydrogen-bond donors (Lipinski definition) is 2. The first kappa shape index (κ1) is 21.8. The van der Waals surface area contributed by atoms with E-state index in [1.165, 1.54) is 24.1 Å². The summed E-state index contributed by atoms with van der Waals surface area (Å²) in [5.74, 6) is -1.54. The van der Waals surface area contributed by atoms with Crippen LogP contribution in [0.15, 0.2) is 54.9 Å². The Morgan fingerprint density at radius 1 is 0.964 bits per heavy atom. The van der Waals surface area contributed by atoms with E-state index in [2.05, 4.69) is 15.2 Å². The van der Waals surface area contributed by atoms with Gasteiger partial charge in [-0.15, -0.1) is 4.83 Å². The number of carbonyl (C=O) groups excluding carboxylic acids is 1. The molecule has 2 N–H and O–H groups in total. The predicted octanol–water partition coefficient (Wildman–Crippen LogP) is 0.862. The van der Waals surface area contributed by atoms with Gasteiger partial charge >= 0.3 is 0 Å². The quantitative estimate of drug-likeness (QED) is 0.508. The minimum absolute atomic E-state index is 0.278. The van der Waals surface area contributed by atoms with E-state index in [-0.39, 0.29) is 4.99 Å². The zero-order chi connectivity index (χ0) is 20.7. The zero-order valence-corrected chi connectivity index (χ0v) is 17.6. The van der Waals surface area contributed by atoms with E-state index in [0.29, 0.717) is 16.1 Å². The number of hydrazine groups is 2. The van der Waals surface area contributed by atoms with E-state index < -0.39 is 21.7 Å². The highest BCUT2D eigenvalue weighted by Crippen LogP contribution is 2.04. The molecule has 0 fully saturated rings. The third-order valence-corrected chi connectivity index (χ3v) is 5.66. The van der Waals surface area contributed by atoms with Gasteiger partial charge < -0.3 is 0 Å². The van der Waals surface area contributed by atoms with E-state index in [0.717, 1.165) is 0 Å². The van der Waals surface area contributed by atoms with E-state index in [1.807, 2.05) is 6.07 Å². The first-order chi connectivity index (χ1) is 13.2. The van der Waals surface area contributed by atoms with Crippen molar-refractivity contribution in [1.29, 1.82) is 0 Å². The summed E-state index contributed by atoms with van der Waals surface area (Å²) in [6.45, 7) is 0. The largest absolute Gasteiger partial charge is 0.287 e. The highest BCUT2D eigenvalue weighted by molar-refractivity contribution is 7.90. The molecule has 148 valence electrons. The number of carbonyl (C=O) groups is 1. The lowest BCUT2D eigenvalue weighted by molar-refractivity contribution is -0.121. The van der Waals surface area contributed by atoms with Gasteiger partial charge in [0.1, 0.15) is 15.7 Å². The number of amides is 1. The highest BCUT2D eigenvalue weighted by Gasteiger charge is 2.21. The summed E-state index contributed by atoms with van der Waals surface area (Å²) < 4.78 is 24.6. The number of benzene rings is 1. The Labute approximate surface area is 174 Å². The third kappa shape index (κ3) is 6.30. The first-order valence-electron chi connectivity index (χ1n) is 8.00. The van der Waals surface area contributed by atoms with Gasteiger partial charge in [-0.1, -0.05) is 54.8 Å². The summed E-state index contributed by atoms with van der Waals surface area (Å²) in [5.41, 5.74) is 3.77. The summed E-state index contributed by atoms with van der Waals surface area (Å²) >= 11 is 10.5. The van der Waals surface area contributed by atoms with Gasteiger partial charge in [0.25, 0.3) is 5.91 Å². The van der Waals surface area contributed by atoms with Crippen LogP contribution in [-0.2, 0) is 14.8 Å². The van der Waals surface area contributed by atoms with Crippen LogP contribution in [0.2, 0.25) is 0 Å². The number of aromatic nitrogens is 1. The number of nitrogens with one attached hydrogen (secondary N) is 2. The molecule has 0 atom stereocenters. The molecule has 28 heavy (non-hydrogen) atoms. The average molecular weight is 438 g/mol. The van der Waals surface area contributed by atoms with Gasteiger partial charge in [0.15, 0.2) is 0 Å². The summed E-state index contributed by atoms with van der Waals surface area (Å²) in [5, 5.41) is 2.46. The van der Waals surface area contributed by atoms with Crippen molar-refractivity contribution in [3.63, 3.8) is 0 Å². The summed E-state index contributed by atoms with van der Waals surface area (Å²) in [6.07, 6.45) is 3.13. The topological polar surface area (TPSA) is 94.6 Å². The number of rotatable bonds is 6. The molecule has 0 unspecified atom stereocenters. The minimum atomic E-state index is -3.97. The molecule has 0 bridgehead atoms. The van der Waals surface area contributed by atoms with Crippen molar-refractivity contribution in [2.45, 2.75) is 0 Å². The van der Waals surface area contributed by atoms with Gasteiger partial charge in [-0.05, 0) is 12.1 Å². The van der Waals surface area contributed by atoms with Crippen molar-refractivity contribution in [2.24, 2.45) is 0 Å². The summed E-state index contributed by atoms with van der Waals surface area (Å²) in [4.78, 5) is 18.9. The fourth-order valence-electron chi connectivity index (χ4n) is 2.19. The van der Waals surface area contributed by atoms with Crippen LogP contribution in [0.3, 0.4) is 0 Å². The highest BCUT2D eigenvalue weighted by atomic mass is 32.2. The molecule has 0 aliphatic rings. The van der Waals surface area contributed by atoms with Gasteiger partial charge in [0.05, 0.1) is 0 Å². The molecule has 1 aromatic heterocycles. The van der Waals surface area contributed by atoms with E-state index in [9.17, 15) is 13.2 Å². The van der Waals surface area contributed by atoms with Crippen LogP contribution in [-0.4, -0.2) is 59.2 Å². The van der Waals surface area contributed by atoms with E-state index in [4.69, 9.17) is 24.4 Å². The van der Waals surface area contributed by atoms with Crippen molar-refractivity contribution in [3.05, 3.63) is 66.0 Å². The Balaban J connectivity index is 1.93. The maximum Gasteiger partial charge on any atom is 0.255 e. The fraction of sp³-hybridized carbons (Fsp3) is 0.176. The van der Waals surface area contributed by atoms with Crippen LogP contribution < -0.4 is 10.3 Å². The maximum atomic E-state index is 12.3. The Bertz CT molecular complexity index is 953. The van der Waals surface area contributed by atoms with E-state index in [1.54, 1.807) is 48.8 Å². The van der Waals surface area contributed by atoms with Gasteiger partial charge in [-0.2, -0.15) is 0 Å². The van der Waals surface area contributed by atoms with Gasteiger partial charge in [-0.3, -0.25) is 25.2 Å². The number of sulfonamides is 1. The monoisotopic (exact) mass is 437 g/mol. The van der Waals surface area contributed by atoms with Crippen LogP contribution in [0, 0.1) is 0 Å². The van der Waals surface area contributed by atoms with Crippen molar-refractivity contribution >= 4 is 50.3 Å². The smallest absolute Gasteiger partial charge is 0.255 e. The van der Waals surface area contributed by atoms with E-state index >= 15 is 0 Å². The number of nitrogens with zero attached hydrogens (tertiary/aromatic N) is 3. The van der Waals surface area contributed by atoms with Crippen LogP contribution in [0.5, 0.6) is 0 Å². The molecule has 2 rings (SSSR count). The molecule has 2 aromatic rings. The average Bonchev–Trinajstić information content (AvgIpc) is 2.67. The van der Waals surface area contributed by atoms with Gasteiger partial charge in [0.2, 0.25) is 10.0 Å². The van der Waals surface area contributed by atoms with Gasteiger partial charge in [0, 0.05) is 37.6 Å². The molecule has 0 saturated heterocycles. The lowest BCUT2D eigenvalue weighted by Gasteiger charge is -2.23. The fourth-order valence-corrected chi connectivity index (χ4v) is 3.59. The van der Waals surface area contributed by atoms with Crippen molar-refractivity contribution in [1.82, 2.24) is 25.3 Å². The van der Waals surface area contributed by atoms with Gasteiger partial charge in [-0.25, -0.2) is 8.42 Å². The van der Waals surface area contributed by atoms with Crippen LogP contribution in [0.4, 0.5) is 0 Å². The predicted molar refractivity (Wildman–Crippen MR) is 115 cm³/mol. The molecule has 0 radical (unpaired) electrons. The molecule has 0 saturated carbocycles. The molecule has 1 amide bonds. The summed E-state index contributed by atoms with van der Waals surface area (Å²) in [7, 11) is -0.980. The van der Waals surface area contributed by atoms with Crippen molar-refractivity contribution in [2.75, 3.05) is 19.8 Å². The van der Waals surface area contributed by atoms with Crippen LogP contribution in [0.1, 0.15) is 11.1 Å². The first-order valence-corrected chi connectivity index (χ1v) is 10.5. The maximum absolute atomic E-state index is 12.3. The molecule has 11 heteroatoms. The molecule has 0 aliphatic heterocycles. The van der Waals surface area contributed by atoms with Crippen molar-refractivity contribution in [3.8, 4) is 0 Å². The van der Waals surface area contributed by atoms with Crippen LogP contribution >= 0.6 is 24.4 Å². The second-order valence-corrected chi connectivity index (χ2v) is 8.19. The Morgan fingerprint density at radius 2 is 1.50 bits per heavy atom. The number of pyridine rings is 1. The molecule has 1 aromatic carbocycles. The SMILES string of the molecule is CN(NC(=O)CS(=O)(=O)NN(C)C(=S)c1ccccc1)C(=S)c1ccncc1. The molecular formula is C17H19N5O3S3. The standard InChI is InChI=1S/C17H19N5O3S3/c1-21(16(26)14-8-10-18-11-9-14)19-15(23)12-28(24,25)20-22(2)17(27)13-6-4-3-5-7-13/h3-11,20H,12H2,1-2H3,(H,19,23). The lowest BCUT2D eigenvalue weighted by atomic mass is 10.2. The number of hydrogen-bond acceptors (Lipinski definition) is 6. The number of thiocarbonyl (C=S) groups is 2. The van der Waals surface area contributed by atoms with Crippen molar-refractivity contribution < 1.29 is 13.2 Å². The van der Waals surface area contributed by atoms with Crippen LogP contribution in [0.25, 0.3) is 0 Å². The normalized spacial score (nSPS) is 10.8. The molecule has 1 heterocycles.